The average molecular weight is 310 g/mol. The molecule has 114 valence electrons. The Bertz CT molecular complexity index is 670. The minimum Gasteiger partial charge on any atom is -0.382 e. The number of nitrogens with zero attached hydrogens (tertiary/aromatic N) is 3. The molecule has 1 heterocycles. The van der Waals surface area contributed by atoms with Crippen molar-refractivity contribution in [3.8, 4) is 0 Å². The van der Waals surface area contributed by atoms with Crippen LogP contribution >= 0.6 is 0 Å². The Labute approximate surface area is 123 Å². The van der Waals surface area contributed by atoms with Crippen LogP contribution in [0.25, 0.3) is 0 Å². The Morgan fingerprint density at radius 3 is 2.71 bits per heavy atom. The maximum absolute atomic E-state index is 11.3. The Morgan fingerprint density at radius 2 is 2.05 bits per heavy atom. The van der Waals surface area contributed by atoms with Gasteiger partial charge in [-0.25, -0.2) is 13.1 Å². The highest BCUT2D eigenvalue weighted by molar-refractivity contribution is 7.89. The van der Waals surface area contributed by atoms with Gasteiger partial charge in [-0.1, -0.05) is 35.5 Å². The molecule has 0 aliphatic heterocycles. The average Bonchev–Trinajstić information content (AvgIpc) is 2.96. The number of rotatable bonds is 7. The third-order valence-electron chi connectivity index (χ3n) is 2.99. The Kier molecular flexibility index (Phi) is 5.05. The van der Waals surface area contributed by atoms with Crippen molar-refractivity contribution in [1.82, 2.24) is 19.7 Å². The minimum atomic E-state index is -3.20. The smallest absolute Gasteiger partial charge is 0.211 e. The molecule has 0 amide bonds. The molecule has 1 aromatic carbocycles. The van der Waals surface area contributed by atoms with E-state index in [0.29, 0.717) is 12.2 Å². The van der Waals surface area contributed by atoms with Gasteiger partial charge in [-0.3, -0.25) is 4.68 Å². The number of nitrogens with one attached hydrogen (secondary N) is 1. The van der Waals surface area contributed by atoms with Crippen LogP contribution in [0.1, 0.15) is 24.3 Å². The molecule has 1 atom stereocenters. The van der Waals surface area contributed by atoms with E-state index in [9.17, 15) is 13.5 Å². The summed E-state index contributed by atoms with van der Waals surface area (Å²) in [5.41, 5.74) is 1.16. The Hall–Kier alpha value is -1.77. The molecule has 2 rings (SSSR count). The Balaban J connectivity index is 1.96. The lowest BCUT2D eigenvalue weighted by molar-refractivity contribution is 0.215. The molecule has 0 fully saturated rings. The van der Waals surface area contributed by atoms with Gasteiger partial charge in [-0.05, 0) is 12.5 Å². The third-order valence-corrected chi connectivity index (χ3v) is 4.40. The zero-order valence-electron chi connectivity index (χ0n) is 11.7. The second kappa shape index (κ2) is 6.79. The lowest BCUT2D eigenvalue weighted by atomic mass is 10.1. The topological polar surface area (TPSA) is 97.1 Å². The fourth-order valence-electron chi connectivity index (χ4n) is 1.77. The third kappa shape index (κ3) is 4.35. The molecule has 2 N–H and O–H groups in total. The van der Waals surface area contributed by atoms with Crippen LogP contribution in [0.2, 0.25) is 0 Å². The van der Waals surface area contributed by atoms with Crippen molar-refractivity contribution >= 4 is 10.0 Å². The van der Waals surface area contributed by atoms with Gasteiger partial charge in [-0.2, -0.15) is 0 Å². The van der Waals surface area contributed by atoms with Crippen molar-refractivity contribution in [3.63, 3.8) is 0 Å². The number of hydrogen-bond acceptors (Lipinski definition) is 5. The van der Waals surface area contributed by atoms with Crippen LogP contribution < -0.4 is 4.72 Å². The summed E-state index contributed by atoms with van der Waals surface area (Å²) < 4.78 is 26.5. The number of aliphatic hydroxyl groups is 1. The van der Waals surface area contributed by atoms with Crippen LogP contribution in [0.5, 0.6) is 0 Å². The van der Waals surface area contributed by atoms with E-state index >= 15 is 0 Å². The van der Waals surface area contributed by atoms with Crippen LogP contribution in [0.3, 0.4) is 0 Å². The van der Waals surface area contributed by atoms with Crippen molar-refractivity contribution in [3.05, 3.63) is 47.8 Å². The summed E-state index contributed by atoms with van der Waals surface area (Å²) in [7, 11) is -3.20. The lowest BCUT2D eigenvalue weighted by Gasteiger charge is -2.06. The van der Waals surface area contributed by atoms with E-state index in [1.165, 1.54) is 4.68 Å². The molecule has 0 saturated carbocycles. The lowest BCUT2D eigenvalue weighted by Crippen LogP contribution is -2.28. The highest BCUT2D eigenvalue weighted by atomic mass is 32.2. The molecule has 21 heavy (non-hydrogen) atoms. The molecular weight excluding hydrogens is 292 g/mol. The molecule has 0 aliphatic carbocycles. The zero-order valence-corrected chi connectivity index (χ0v) is 12.5. The van der Waals surface area contributed by atoms with Crippen molar-refractivity contribution < 1.29 is 13.5 Å². The molecule has 0 radical (unpaired) electrons. The van der Waals surface area contributed by atoms with Crippen LogP contribution in [0.15, 0.2) is 36.5 Å². The van der Waals surface area contributed by atoms with Gasteiger partial charge in [0, 0.05) is 6.54 Å². The van der Waals surface area contributed by atoms with Gasteiger partial charge < -0.3 is 5.11 Å². The van der Waals surface area contributed by atoms with Crippen LogP contribution in [0.4, 0.5) is 0 Å². The zero-order chi connectivity index (χ0) is 15.3. The standard InChI is InChI=1S/C13H18N4O3S/c1-2-21(19,20)14-8-9-17-10-12(15-16-17)13(18)11-6-4-3-5-7-11/h3-7,10,13-14,18H,2,8-9H2,1H3. The van der Waals surface area contributed by atoms with Gasteiger partial charge in [0.25, 0.3) is 0 Å². The molecule has 1 aromatic heterocycles. The fraction of sp³-hybridized carbons (Fsp3) is 0.385. The number of aromatic nitrogens is 3. The van der Waals surface area contributed by atoms with Crippen LogP contribution in [-0.4, -0.2) is 40.8 Å². The number of sulfonamides is 1. The highest BCUT2D eigenvalue weighted by Crippen LogP contribution is 2.18. The van der Waals surface area contributed by atoms with E-state index in [2.05, 4.69) is 15.0 Å². The van der Waals surface area contributed by atoms with Gasteiger partial charge in [0.1, 0.15) is 11.8 Å². The summed E-state index contributed by atoms with van der Waals surface area (Å²) in [6, 6.07) is 9.15. The molecule has 1 unspecified atom stereocenters. The summed E-state index contributed by atoms with van der Waals surface area (Å²) in [5.74, 6) is 0.0440. The van der Waals surface area contributed by atoms with E-state index < -0.39 is 16.1 Å². The summed E-state index contributed by atoms with van der Waals surface area (Å²) in [6.45, 7) is 2.17. The number of hydrogen-bond donors (Lipinski definition) is 2. The largest absolute Gasteiger partial charge is 0.382 e. The summed E-state index contributed by atoms with van der Waals surface area (Å²) in [4.78, 5) is 0. The number of aliphatic hydroxyl groups excluding tert-OH is 1. The second-order valence-electron chi connectivity index (χ2n) is 4.52. The van der Waals surface area contributed by atoms with Crippen molar-refractivity contribution in [2.24, 2.45) is 0 Å². The summed E-state index contributed by atoms with van der Waals surface area (Å²) in [5, 5.41) is 18.0. The first kappa shape index (κ1) is 15.6. The van der Waals surface area contributed by atoms with E-state index in [4.69, 9.17) is 0 Å². The van der Waals surface area contributed by atoms with Gasteiger partial charge in [0.05, 0.1) is 18.5 Å². The summed E-state index contributed by atoms with van der Waals surface area (Å²) >= 11 is 0. The molecule has 7 nitrogen and oxygen atoms in total. The monoisotopic (exact) mass is 310 g/mol. The van der Waals surface area contributed by atoms with Gasteiger partial charge in [0.2, 0.25) is 10.0 Å². The molecule has 0 spiro atoms. The molecular formula is C13H18N4O3S. The summed E-state index contributed by atoms with van der Waals surface area (Å²) in [6.07, 6.45) is 0.769. The molecule has 0 bridgehead atoms. The minimum absolute atomic E-state index is 0.0440. The molecule has 0 aliphatic rings. The predicted octanol–water partition coefficient (Wildman–Crippen LogP) is 0.299. The first-order chi connectivity index (χ1) is 10.0. The molecule has 0 saturated heterocycles. The first-order valence-electron chi connectivity index (χ1n) is 6.62. The van der Waals surface area contributed by atoms with E-state index in [-0.39, 0.29) is 12.3 Å². The number of benzene rings is 1. The normalized spacial score (nSPS) is 13.2. The maximum atomic E-state index is 11.3. The van der Waals surface area contributed by atoms with E-state index in [0.717, 1.165) is 5.56 Å². The quantitative estimate of drug-likeness (QED) is 0.766. The van der Waals surface area contributed by atoms with Crippen LogP contribution in [0, 0.1) is 0 Å². The van der Waals surface area contributed by atoms with E-state index in [1.54, 1.807) is 25.3 Å². The van der Waals surface area contributed by atoms with Gasteiger partial charge in [0.15, 0.2) is 0 Å². The second-order valence-corrected chi connectivity index (χ2v) is 6.61. The van der Waals surface area contributed by atoms with Gasteiger partial charge >= 0.3 is 0 Å². The highest BCUT2D eigenvalue weighted by Gasteiger charge is 2.14. The predicted molar refractivity (Wildman–Crippen MR) is 78.0 cm³/mol. The SMILES string of the molecule is CCS(=O)(=O)NCCn1cc(C(O)c2ccccc2)nn1. The van der Waals surface area contributed by atoms with Crippen molar-refractivity contribution in [2.45, 2.75) is 19.6 Å². The maximum Gasteiger partial charge on any atom is 0.211 e. The fourth-order valence-corrected chi connectivity index (χ4v) is 2.38. The van der Waals surface area contributed by atoms with E-state index in [1.807, 2.05) is 18.2 Å². The van der Waals surface area contributed by atoms with Gasteiger partial charge in [-0.15, -0.1) is 5.10 Å². The van der Waals surface area contributed by atoms with Crippen molar-refractivity contribution in [2.75, 3.05) is 12.3 Å². The van der Waals surface area contributed by atoms with Crippen LogP contribution in [-0.2, 0) is 16.6 Å². The van der Waals surface area contributed by atoms with Crippen molar-refractivity contribution in [1.29, 1.82) is 0 Å². The Morgan fingerprint density at radius 1 is 1.33 bits per heavy atom. The molecule has 2 aromatic rings. The first-order valence-corrected chi connectivity index (χ1v) is 8.27. The molecule has 8 heteroatoms.